The molecule has 1 aromatic heterocycles. The van der Waals surface area contributed by atoms with Crippen LogP contribution >= 0.6 is 0 Å². The fourth-order valence-electron chi connectivity index (χ4n) is 3.06. The van der Waals surface area contributed by atoms with Crippen molar-refractivity contribution in [3.05, 3.63) is 36.3 Å². The third kappa shape index (κ3) is 3.62. The summed E-state index contributed by atoms with van der Waals surface area (Å²) in [6, 6.07) is 6.86. The summed E-state index contributed by atoms with van der Waals surface area (Å²) in [6.45, 7) is 4.35. The summed E-state index contributed by atoms with van der Waals surface area (Å²) in [5.41, 5.74) is 0.867. The minimum absolute atomic E-state index is 0.0705. The van der Waals surface area contributed by atoms with Crippen LogP contribution in [0.25, 0.3) is 0 Å². The minimum atomic E-state index is -0.333. The molecule has 0 atom stereocenters. The van der Waals surface area contributed by atoms with E-state index in [1.807, 2.05) is 4.90 Å². The second-order valence-corrected chi connectivity index (χ2v) is 6.28. The summed E-state index contributed by atoms with van der Waals surface area (Å²) in [6.07, 6.45) is 1.38. The lowest BCUT2D eigenvalue weighted by Crippen LogP contribution is -2.48. The molecule has 27 heavy (non-hydrogen) atoms. The van der Waals surface area contributed by atoms with Crippen molar-refractivity contribution in [2.24, 2.45) is 0 Å². The maximum atomic E-state index is 12.5. The molecular weight excluding hydrogens is 350 g/mol. The Bertz CT molecular complexity index is 880. The molecule has 1 N–H and O–H groups in total. The highest BCUT2D eigenvalue weighted by atomic mass is 16.7. The Balaban J connectivity index is 1.44. The lowest BCUT2D eigenvalue weighted by molar-refractivity contribution is -0.129. The fourth-order valence-corrected chi connectivity index (χ4v) is 3.06. The van der Waals surface area contributed by atoms with Gasteiger partial charge in [0.1, 0.15) is 17.8 Å². The van der Waals surface area contributed by atoms with Gasteiger partial charge in [-0.05, 0) is 12.1 Å². The van der Waals surface area contributed by atoms with Crippen molar-refractivity contribution in [1.29, 1.82) is 0 Å². The predicted octanol–water partition coefficient (Wildman–Crippen LogP) is 1.13. The highest BCUT2D eigenvalue weighted by Gasteiger charge is 2.21. The average molecular weight is 369 g/mol. The Morgan fingerprint density at radius 2 is 1.81 bits per heavy atom. The Labute approximate surface area is 155 Å². The Morgan fingerprint density at radius 3 is 2.59 bits per heavy atom. The summed E-state index contributed by atoms with van der Waals surface area (Å²) in [7, 11) is 0. The van der Waals surface area contributed by atoms with E-state index in [0.717, 1.165) is 0 Å². The second-order valence-electron chi connectivity index (χ2n) is 6.28. The van der Waals surface area contributed by atoms with E-state index >= 15 is 0 Å². The molecule has 4 rings (SSSR count). The van der Waals surface area contributed by atoms with Crippen LogP contribution in [-0.2, 0) is 4.79 Å². The zero-order valence-electron chi connectivity index (χ0n) is 14.8. The number of amides is 2. The molecule has 0 bridgehead atoms. The monoisotopic (exact) mass is 369 g/mol. The van der Waals surface area contributed by atoms with Crippen LogP contribution in [-0.4, -0.2) is 59.7 Å². The van der Waals surface area contributed by atoms with Crippen LogP contribution in [0.5, 0.6) is 11.5 Å². The highest BCUT2D eigenvalue weighted by molar-refractivity contribution is 6.03. The normalized spacial score (nSPS) is 15.6. The smallest absolute Gasteiger partial charge is 0.274 e. The zero-order chi connectivity index (χ0) is 18.8. The van der Waals surface area contributed by atoms with Crippen molar-refractivity contribution < 1.29 is 19.1 Å². The number of aromatic nitrogens is 2. The van der Waals surface area contributed by atoms with Crippen molar-refractivity contribution in [1.82, 2.24) is 14.9 Å². The highest BCUT2D eigenvalue weighted by Crippen LogP contribution is 2.34. The number of nitrogens with zero attached hydrogens (tertiary/aromatic N) is 4. The van der Waals surface area contributed by atoms with Crippen LogP contribution in [0, 0.1) is 0 Å². The molecule has 2 amide bonds. The molecular formula is C18H19N5O4. The molecule has 1 saturated heterocycles. The van der Waals surface area contributed by atoms with Crippen LogP contribution in [0.2, 0.25) is 0 Å². The number of rotatable bonds is 3. The van der Waals surface area contributed by atoms with Gasteiger partial charge in [-0.15, -0.1) is 0 Å². The summed E-state index contributed by atoms with van der Waals surface area (Å²) in [5.74, 6) is 1.66. The van der Waals surface area contributed by atoms with Crippen LogP contribution in [0.4, 0.5) is 11.5 Å². The van der Waals surface area contributed by atoms with Crippen LogP contribution in [0.3, 0.4) is 0 Å². The van der Waals surface area contributed by atoms with Gasteiger partial charge in [0.2, 0.25) is 12.7 Å². The van der Waals surface area contributed by atoms with E-state index < -0.39 is 0 Å². The molecule has 9 heteroatoms. The number of carbonyl (C=O) groups excluding carboxylic acids is 2. The van der Waals surface area contributed by atoms with Crippen molar-refractivity contribution in [3.8, 4) is 11.5 Å². The minimum Gasteiger partial charge on any atom is -0.454 e. The van der Waals surface area contributed by atoms with Gasteiger partial charge < -0.3 is 24.6 Å². The second kappa shape index (κ2) is 7.10. The van der Waals surface area contributed by atoms with Crippen LogP contribution < -0.4 is 19.7 Å². The molecule has 1 aromatic carbocycles. The summed E-state index contributed by atoms with van der Waals surface area (Å²) >= 11 is 0. The van der Waals surface area contributed by atoms with E-state index in [9.17, 15) is 9.59 Å². The first-order valence-corrected chi connectivity index (χ1v) is 8.63. The number of ether oxygens (including phenoxy) is 2. The van der Waals surface area contributed by atoms with Gasteiger partial charge in [-0.2, -0.15) is 0 Å². The molecule has 1 fully saturated rings. The Hall–Kier alpha value is -3.36. The number of fused-ring (bicyclic) bond motifs is 1. The fraction of sp³-hybridized carbons (Fsp3) is 0.333. The first-order chi connectivity index (χ1) is 13.1. The van der Waals surface area contributed by atoms with E-state index in [1.54, 1.807) is 36.1 Å². The van der Waals surface area contributed by atoms with E-state index in [4.69, 9.17) is 9.47 Å². The van der Waals surface area contributed by atoms with Crippen molar-refractivity contribution in [2.45, 2.75) is 6.92 Å². The van der Waals surface area contributed by atoms with Gasteiger partial charge in [-0.3, -0.25) is 9.59 Å². The molecule has 0 aliphatic carbocycles. The van der Waals surface area contributed by atoms with Gasteiger partial charge in [0.15, 0.2) is 11.5 Å². The summed E-state index contributed by atoms with van der Waals surface area (Å²) < 4.78 is 10.6. The lowest BCUT2D eigenvalue weighted by atomic mass is 10.2. The largest absolute Gasteiger partial charge is 0.454 e. The Morgan fingerprint density at radius 1 is 1.04 bits per heavy atom. The maximum Gasteiger partial charge on any atom is 0.274 e. The number of benzene rings is 1. The van der Waals surface area contributed by atoms with E-state index in [0.29, 0.717) is 49.2 Å². The number of hydrogen-bond acceptors (Lipinski definition) is 7. The zero-order valence-corrected chi connectivity index (χ0v) is 14.8. The quantitative estimate of drug-likeness (QED) is 0.866. The first kappa shape index (κ1) is 17.1. The third-order valence-corrected chi connectivity index (χ3v) is 4.56. The molecule has 140 valence electrons. The van der Waals surface area contributed by atoms with E-state index in [-0.39, 0.29) is 24.3 Å². The van der Waals surface area contributed by atoms with Crippen molar-refractivity contribution >= 4 is 23.3 Å². The van der Waals surface area contributed by atoms with Gasteiger partial charge in [0.25, 0.3) is 5.91 Å². The molecule has 2 aliphatic heterocycles. The predicted molar refractivity (Wildman–Crippen MR) is 97.0 cm³/mol. The lowest BCUT2D eigenvalue weighted by Gasteiger charge is -2.34. The van der Waals surface area contributed by atoms with Gasteiger partial charge in [-0.25, -0.2) is 9.97 Å². The summed E-state index contributed by atoms with van der Waals surface area (Å²) in [5, 5.41) is 2.80. The molecule has 0 spiro atoms. The average Bonchev–Trinajstić information content (AvgIpc) is 3.16. The van der Waals surface area contributed by atoms with Crippen LogP contribution in [0.1, 0.15) is 17.4 Å². The first-order valence-electron chi connectivity index (χ1n) is 8.63. The number of piperazine rings is 1. The molecule has 3 heterocycles. The topological polar surface area (TPSA) is 96.9 Å². The van der Waals surface area contributed by atoms with Gasteiger partial charge in [0, 0.05) is 50.9 Å². The SMILES string of the molecule is CC(=O)N1CCN(c2cc(C(=O)Nc3ccc4c(c3)OCO4)ncn2)CC1. The standard InChI is InChI=1S/C18H19N5O4/c1-12(24)22-4-6-23(7-5-22)17-9-14(19-10-20-17)18(25)21-13-2-3-15-16(8-13)27-11-26-15/h2-3,8-10H,4-7,11H2,1H3,(H,21,25). The number of carbonyl (C=O) groups is 2. The van der Waals surface area contributed by atoms with E-state index in [1.165, 1.54) is 6.33 Å². The molecule has 0 unspecified atom stereocenters. The van der Waals surface area contributed by atoms with Gasteiger partial charge in [0.05, 0.1) is 0 Å². The molecule has 9 nitrogen and oxygen atoms in total. The van der Waals surface area contributed by atoms with Crippen molar-refractivity contribution in [2.75, 3.05) is 43.2 Å². The van der Waals surface area contributed by atoms with Gasteiger partial charge in [-0.1, -0.05) is 0 Å². The van der Waals surface area contributed by atoms with Gasteiger partial charge >= 0.3 is 0 Å². The van der Waals surface area contributed by atoms with E-state index in [2.05, 4.69) is 15.3 Å². The molecule has 2 aromatic rings. The van der Waals surface area contributed by atoms with Crippen molar-refractivity contribution in [3.63, 3.8) is 0 Å². The number of nitrogens with one attached hydrogen (secondary N) is 1. The maximum absolute atomic E-state index is 12.5. The molecule has 0 saturated carbocycles. The molecule has 2 aliphatic rings. The number of hydrogen-bond donors (Lipinski definition) is 1. The Kier molecular flexibility index (Phi) is 4.49. The van der Waals surface area contributed by atoms with Crippen LogP contribution in [0.15, 0.2) is 30.6 Å². The molecule has 0 radical (unpaired) electrons. The third-order valence-electron chi connectivity index (χ3n) is 4.56. The summed E-state index contributed by atoms with van der Waals surface area (Å²) in [4.78, 5) is 36.2. The number of anilines is 2.